The molecule has 1 aromatic heterocycles. The van der Waals surface area contributed by atoms with Gasteiger partial charge in [-0.25, -0.2) is 4.39 Å². The number of benzene rings is 2. The molecular weight excluding hydrogens is 359 g/mol. The van der Waals surface area contributed by atoms with Gasteiger partial charge in [-0.2, -0.15) is 0 Å². The summed E-state index contributed by atoms with van der Waals surface area (Å²) in [4.78, 5) is 30.8. The molecule has 1 unspecified atom stereocenters. The molecule has 1 fully saturated rings. The Morgan fingerprint density at radius 2 is 1.68 bits per heavy atom. The van der Waals surface area contributed by atoms with Gasteiger partial charge in [0, 0.05) is 17.3 Å². The van der Waals surface area contributed by atoms with Gasteiger partial charge in [-0.3, -0.25) is 19.5 Å². The molecular formula is C22H15FN2O3. The second-order valence-electron chi connectivity index (χ2n) is 6.27. The van der Waals surface area contributed by atoms with Crippen LogP contribution in [-0.4, -0.2) is 21.8 Å². The molecule has 138 valence electrons. The van der Waals surface area contributed by atoms with Gasteiger partial charge in [-0.15, -0.1) is 0 Å². The number of anilines is 1. The summed E-state index contributed by atoms with van der Waals surface area (Å²) < 4.78 is 14.7. The van der Waals surface area contributed by atoms with E-state index in [1.54, 1.807) is 48.5 Å². The van der Waals surface area contributed by atoms with E-state index in [9.17, 15) is 19.1 Å². The van der Waals surface area contributed by atoms with Crippen LogP contribution in [0, 0.1) is 5.82 Å². The van der Waals surface area contributed by atoms with Gasteiger partial charge in [-0.05, 0) is 18.2 Å². The molecule has 2 heterocycles. The van der Waals surface area contributed by atoms with E-state index in [4.69, 9.17) is 0 Å². The number of halogens is 1. The Bertz CT molecular complexity index is 1080. The lowest BCUT2D eigenvalue weighted by Crippen LogP contribution is -2.29. The van der Waals surface area contributed by atoms with E-state index in [2.05, 4.69) is 4.98 Å². The second-order valence-corrected chi connectivity index (χ2v) is 6.27. The number of hydrogen-bond donors (Lipinski definition) is 1. The zero-order chi connectivity index (χ0) is 19.7. The van der Waals surface area contributed by atoms with Crippen molar-refractivity contribution in [1.82, 2.24) is 4.98 Å². The maximum atomic E-state index is 14.7. The van der Waals surface area contributed by atoms with Gasteiger partial charge in [-0.1, -0.05) is 48.5 Å². The predicted octanol–water partition coefficient (Wildman–Crippen LogP) is 3.85. The summed E-state index contributed by atoms with van der Waals surface area (Å²) in [6.07, 6.45) is 2.95. The largest absolute Gasteiger partial charge is 0.507 e. The number of nitrogens with zero attached hydrogens (tertiary/aromatic N) is 2. The normalized spacial score (nSPS) is 18.5. The number of aliphatic hydroxyl groups excluding tert-OH is 1. The number of hydrogen-bond acceptors (Lipinski definition) is 4. The highest BCUT2D eigenvalue weighted by molar-refractivity contribution is 6.51. The minimum atomic E-state index is -1.11. The van der Waals surface area contributed by atoms with Gasteiger partial charge in [0.2, 0.25) is 0 Å². The highest BCUT2D eigenvalue weighted by Gasteiger charge is 2.47. The predicted molar refractivity (Wildman–Crippen MR) is 102 cm³/mol. The molecule has 3 aromatic rings. The van der Waals surface area contributed by atoms with Crippen molar-refractivity contribution in [1.29, 1.82) is 0 Å². The first-order chi connectivity index (χ1) is 13.6. The van der Waals surface area contributed by atoms with Crippen LogP contribution in [0.4, 0.5) is 10.1 Å². The average Bonchev–Trinajstić information content (AvgIpc) is 3.00. The summed E-state index contributed by atoms with van der Waals surface area (Å²) >= 11 is 0. The molecule has 6 heteroatoms. The first-order valence-corrected chi connectivity index (χ1v) is 8.60. The fourth-order valence-corrected chi connectivity index (χ4v) is 3.34. The Morgan fingerprint density at radius 3 is 2.36 bits per heavy atom. The minimum Gasteiger partial charge on any atom is -0.507 e. The Labute approximate surface area is 160 Å². The standard InChI is InChI=1S/C22H15FN2O3/c23-17-11-5-4-10-16(17)19-18(20(26)14-7-2-1-3-8-14)21(27)22(28)25(19)15-9-6-12-24-13-15/h1-13,19,26H/b20-18-. The highest BCUT2D eigenvalue weighted by atomic mass is 19.1. The van der Waals surface area contributed by atoms with Crippen molar-refractivity contribution in [3.05, 3.63) is 102 Å². The zero-order valence-corrected chi connectivity index (χ0v) is 14.6. The van der Waals surface area contributed by atoms with Gasteiger partial charge < -0.3 is 5.11 Å². The Balaban J connectivity index is 1.98. The second kappa shape index (κ2) is 7.08. The summed E-state index contributed by atoms with van der Waals surface area (Å²) in [6.45, 7) is 0. The monoisotopic (exact) mass is 374 g/mol. The van der Waals surface area contributed by atoms with E-state index < -0.39 is 23.5 Å². The van der Waals surface area contributed by atoms with Crippen LogP contribution in [0.2, 0.25) is 0 Å². The summed E-state index contributed by atoms with van der Waals surface area (Å²) in [7, 11) is 0. The van der Waals surface area contributed by atoms with Crippen LogP contribution in [0.3, 0.4) is 0 Å². The molecule has 1 saturated heterocycles. The summed E-state index contributed by atoms with van der Waals surface area (Å²) in [6, 6.07) is 16.4. The summed E-state index contributed by atoms with van der Waals surface area (Å²) in [5.74, 6) is -2.65. The molecule has 1 N–H and O–H groups in total. The van der Waals surface area contributed by atoms with Crippen LogP contribution in [0.15, 0.2) is 84.7 Å². The van der Waals surface area contributed by atoms with Crippen molar-refractivity contribution >= 4 is 23.1 Å². The van der Waals surface area contributed by atoms with Crippen LogP contribution in [-0.2, 0) is 9.59 Å². The maximum absolute atomic E-state index is 14.7. The maximum Gasteiger partial charge on any atom is 0.300 e. The summed E-state index contributed by atoms with van der Waals surface area (Å²) in [5, 5.41) is 10.8. The molecule has 1 aliphatic heterocycles. The smallest absolute Gasteiger partial charge is 0.300 e. The number of amides is 1. The lowest BCUT2D eigenvalue weighted by molar-refractivity contribution is -0.132. The first kappa shape index (κ1) is 17.6. The van der Waals surface area contributed by atoms with Crippen LogP contribution in [0.5, 0.6) is 0 Å². The van der Waals surface area contributed by atoms with Crippen molar-refractivity contribution in [2.75, 3.05) is 4.90 Å². The topological polar surface area (TPSA) is 70.5 Å². The summed E-state index contributed by atoms with van der Waals surface area (Å²) in [5.41, 5.74) is 0.658. The number of carbonyl (C=O) groups is 2. The number of aliphatic hydroxyl groups is 1. The molecule has 28 heavy (non-hydrogen) atoms. The van der Waals surface area contributed by atoms with Gasteiger partial charge >= 0.3 is 0 Å². The molecule has 0 bridgehead atoms. The third kappa shape index (κ3) is 2.85. The minimum absolute atomic E-state index is 0.114. The highest BCUT2D eigenvalue weighted by Crippen LogP contribution is 2.42. The Hall–Kier alpha value is -3.80. The number of rotatable bonds is 3. The molecule has 0 aliphatic carbocycles. The third-order valence-electron chi connectivity index (χ3n) is 4.62. The van der Waals surface area contributed by atoms with Crippen LogP contribution >= 0.6 is 0 Å². The van der Waals surface area contributed by atoms with Crippen LogP contribution in [0.25, 0.3) is 5.76 Å². The Kier molecular flexibility index (Phi) is 4.45. The number of aromatic nitrogens is 1. The first-order valence-electron chi connectivity index (χ1n) is 8.60. The van der Waals surface area contributed by atoms with Gasteiger partial charge in [0.15, 0.2) is 0 Å². The Morgan fingerprint density at radius 1 is 0.964 bits per heavy atom. The van der Waals surface area contributed by atoms with E-state index >= 15 is 0 Å². The lowest BCUT2D eigenvalue weighted by atomic mass is 9.95. The molecule has 0 spiro atoms. The van der Waals surface area contributed by atoms with E-state index in [1.807, 2.05) is 0 Å². The van der Waals surface area contributed by atoms with E-state index in [-0.39, 0.29) is 16.9 Å². The van der Waals surface area contributed by atoms with Gasteiger partial charge in [0.05, 0.1) is 23.5 Å². The lowest BCUT2D eigenvalue weighted by Gasteiger charge is -2.25. The van der Waals surface area contributed by atoms with Crippen molar-refractivity contribution in [3.63, 3.8) is 0 Å². The molecule has 1 amide bonds. The number of carbonyl (C=O) groups excluding carboxylic acids is 2. The molecule has 4 rings (SSSR count). The molecule has 5 nitrogen and oxygen atoms in total. The molecule has 2 aromatic carbocycles. The molecule has 1 aliphatic rings. The fraction of sp³-hybridized carbons (Fsp3) is 0.0455. The van der Waals surface area contributed by atoms with Gasteiger partial charge in [0.25, 0.3) is 11.7 Å². The van der Waals surface area contributed by atoms with Gasteiger partial charge in [0.1, 0.15) is 11.6 Å². The van der Waals surface area contributed by atoms with Crippen molar-refractivity contribution in [2.24, 2.45) is 0 Å². The number of Topliss-reactive ketones (excluding diaryl/α,β-unsaturated/α-hetero) is 1. The van der Waals surface area contributed by atoms with Crippen LogP contribution in [0.1, 0.15) is 17.2 Å². The van der Waals surface area contributed by atoms with E-state index in [0.29, 0.717) is 11.3 Å². The van der Waals surface area contributed by atoms with Crippen molar-refractivity contribution in [3.8, 4) is 0 Å². The van der Waals surface area contributed by atoms with Crippen molar-refractivity contribution in [2.45, 2.75) is 6.04 Å². The van der Waals surface area contributed by atoms with E-state index in [0.717, 1.165) is 0 Å². The quantitative estimate of drug-likeness (QED) is 0.430. The fourth-order valence-electron chi connectivity index (χ4n) is 3.34. The van der Waals surface area contributed by atoms with E-state index in [1.165, 1.54) is 35.5 Å². The molecule has 0 saturated carbocycles. The SMILES string of the molecule is O=C1C(=O)N(c2cccnc2)C(c2ccccc2F)/C1=C(/O)c1ccccc1. The average molecular weight is 374 g/mol. The molecule has 1 atom stereocenters. The third-order valence-corrected chi connectivity index (χ3v) is 4.62. The van der Waals surface area contributed by atoms with Crippen molar-refractivity contribution < 1.29 is 19.1 Å². The van der Waals surface area contributed by atoms with Crippen LogP contribution < -0.4 is 4.90 Å². The number of pyridine rings is 1. The zero-order valence-electron chi connectivity index (χ0n) is 14.6. The molecule has 0 radical (unpaired) electrons. The number of ketones is 1.